The van der Waals surface area contributed by atoms with Gasteiger partial charge in [0.1, 0.15) is 0 Å². The molecule has 1 aliphatic rings. The van der Waals surface area contributed by atoms with Crippen LogP contribution in [0.1, 0.15) is 44.1 Å². The average Bonchev–Trinajstić information content (AvgIpc) is 2.71. The summed E-state index contributed by atoms with van der Waals surface area (Å²) in [6.45, 7) is 14.3. The van der Waals surface area contributed by atoms with Gasteiger partial charge in [-0.2, -0.15) is 5.10 Å². The van der Waals surface area contributed by atoms with Gasteiger partial charge < -0.3 is 10.2 Å². The highest BCUT2D eigenvalue weighted by Crippen LogP contribution is 2.17. The van der Waals surface area contributed by atoms with Gasteiger partial charge in [0.25, 0.3) is 0 Å². The maximum atomic E-state index is 12.5. The first-order valence-corrected chi connectivity index (χ1v) is 8.43. The number of rotatable bonds is 5. The van der Waals surface area contributed by atoms with Gasteiger partial charge in [-0.1, -0.05) is 13.8 Å². The lowest BCUT2D eigenvalue weighted by molar-refractivity contribution is -0.133. The highest BCUT2D eigenvalue weighted by Gasteiger charge is 2.23. The Kier molecular flexibility index (Phi) is 5.62. The number of hydrogen-bond acceptors (Lipinski definition) is 3. The molecule has 5 nitrogen and oxygen atoms in total. The predicted octanol–water partition coefficient (Wildman–Crippen LogP) is 1.91. The maximum absolute atomic E-state index is 12.5. The highest BCUT2D eigenvalue weighted by molar-refractivity contribution is 5.77. The molecule has 2 rings (SSSR count). The van der Waals surface area contributed by atoms with Gasteiger partial charge in [-0.3, -0.25) is 9.48 Å². The third kappa shape index (κ3) is 3.88. The van der Waals surface area contributed by atoms with Crippen LogP contribution in [0.3, 0.4) is 0 Å². The monoisotopic (exact) mass is 306 g/mol. The van der Waals surface area contributed by atoms with Gasteiger partial charge in [-0.25, -0.2) is 0 Å². The number of carbonyl (C=O) groups excluding carboxylic acids is 1. The van der Waals surface area contributed by atoms with Gasteiger partial charge in [-0.05, 0) is 38.7 Å². The molecule has 1 fully saturated rings. The Bertz CT molecular complexity index is 521. The Labute approximate surface area is 134 Å². The Morgan fingerprint density at radius 3 is 2.77 bits per heavy atom. The van der Waals surface area contributed by atoms with E-state index in [1.54, 1.807) is 0 Å². The highest BCUT2D eigenvalue weighted by atomic mass is 16.2. The molecule has 1 saturated heterocycles. The normalized spacial score (nSPS) is 19.0. The second-order valence-corrected chi connectivity index (χ2v) is 6.87. The number of piperazine rings is 1. The predicted molar refractivity (Wildman–Crippen MR) is 88.9 cm³/mol. The van der Waals surface area contributed by atoms with E-state index >= 15 is 0 Å². The molecule has 0 aromatic carbocycles. The first-order chi connectivity index (χ1) is 10.4. The molecule has 124 valence electrons. The van der Waals surface area contributed by atoms with Crippen LogP contribution in [-0.4, -0.2) is 46.3 Å². The molecule has 1 amide bonds. The summed E-state index contributed by atoms with van der Waals surface area (Å²) in [6, 6.07) is 0.298. The molecule has 1 aromatic rings. The number of nitrogens with zero attached hydrogens (tertiary/aromatic N) is 3. The summed E-state index contributed by atoms with van der Waals surface area (Å²) in [5.74, 6) is 0.846. The van der Waals surface area contributed by atoms with E-state index in [2.05, 4.69) is 49.7 Å². The quantitative estimate of drug-likeness (QED) is 0.904. The van der Waals surface area contributed by atoms with E-state index in [-0.39, 0.29) is 5.91 Å². The molecule has 0 bridgehead atoms. The summed E-state index contributed by atoms with van der Waals surface area (Å²) in [7, 11) is 0. The molecule has 0 saturated carbocycles. The lowest BCUT2D eigenvalue weighted by Crippen LogP contribution is -2.52. The van der Waals surface area contributed by atoms with E-state index in [0.29, 0.717) is 18.4 Å². The van der Waals surface area contributed by atoms with Crippen LogP contribution < -0.4 is 5.32 Å². The summed E-state index contributed by atoms with van der Waals surface area (Å²) >= 11 is 0. The number of amides is 1. The summed E-state index contributed by atoms with van der Waals surface area (Å²) in [5.41, 5.74) is 3.53. The fourth-order valence-corrected chi connectivity index (χ4v) is 3.21. The first kappa shape index (κ1) is 17.0. The molecular formula is C17H30N4O. The van der Waals surface area contributed by atoms with Crippen molar-refractivity contribution < 1.29 is 4.79 Å². The van der Waals surface area contributed by atoms with Crippen molar-refractivity contribution in [3.05, 3.63) is 17.0 Å². The summed E-state index contributed by atoms with van der Waals surface area (Å²) in [6.07, 6.45) is 1.38. The minimum absolute atomic E-state index is 0.268. The lowest BCUT2D eigenvalue weighted by Gasteiger charge is -2.34. The van der Waals surface area contributed by atoms with Crippen LogP contribution in [0.25, 0.3) is 0 Å². The topological polar surface area (TPSA) is 50.2 Å². The molecule has 0 radical (unpaired) electrons. The van der Waals surface area contributed by atoms with Crippen molar-refractivity contribution in [1.82, 2.24) is 20.0 Å². The molecule has 5 heteroatoms. The third-order valence-corrected chi connectivity index (χ3v) is 4.48. The van der Waals surface area contributed by atoms with Crippen molar-refractivity contribution >= 4 is 5.91 Å². The van der Waals surface area contributed by atoms with Crippen molar-refractivity contribution in [1.29, 1.82) is 0 Å². The molecule has 22 heavy (non-hydrogen) atoms. The van der Waals surface area contributed by atoms with Crippen LogP contribution >= 0.6 is 0 Å². The molecule has 0 aliphatic carbocycles. The number of aryl methyl sites for hydroxylation is 1. The summed E-state index contributed by atoms with van der Waals surface area (Å²) in [5, 5.41) is 7.96. The molecule has 1 aromatic heterocycles. The largest absolute Gasteiger partial charge is 0.337 e. The standard InChI is InChI=1S/C17H30N4O/c1-12(2)11-21-15(5)16(14(4)19-21)6-7-17(22)20-9-8-18-10-13(20)3/h12-13,18H,6-11H2,1-5H3. The molecule has 1 atom stereocenters. The van der Waals surface area contributed by atoms with Crippen molar-refractivity contribution in [2.45, 2.75) is 60.0 Å². The van der Waals surface area contributed by atoms with E-state index < -0.39 is 0 Å². The zero-order valence-corrected chi connectivity index (χ0v) is 14.6. The lowest BCUT2D eigenvalue weighted by atomic mass is 10.1. The average molecular weight is 306 g/mol. The minimum atomic E-state index is 0.268. The molecule has 1 aliphatic heterocycles. The van der Waals surface area contributed by atoms with Crippen molar-refractivity contribution in [2.24, 2.45) is 5.92 Å². The molecule has 0 spiro atoms. The van der Waals surface area contributed by atoms with E-state index in [4.69, 9.17) is 0 Å². The number of carbonyl (C=O) groups is 1. The minimum Gasteiger partial charge on any atom is -0.337 e. The number of nitrogens with one attached hydrogen (secondary N) is 1. The third-order valence-electron chi connectivity index (χ3n) is 4.48. The molecular weight excluding hydrogens is 276 g/mol. The smallest absolute Gasteiger partial charge is 0.223 e. The van der Waals surface area contributed by atoms with Crippen LogP contribution in [0.4, 0.5) is 0 Å². The number of aromatic nitrogens is 2. The Balaban J connectivity index is 1.99. The van der Waals surface area contributed by atoms with Crippen molar-refractivity contribution in [3.63, 3.8) is 0 Å². The van der Waals surface area contributed by atoms with Crippen LogP contribution in [0.5, 0.6) is 0 Å². The van der Waals surface area contributed by atoms with Gasteiger partial charge in [-0.15, -0.1) is 0 Å². The van der Waals surface area contributed by atoms with E-state index in [1.807, 2.05) is 4.90 Å². The fourth-order valence-electron chi connectivity index (χ4n) is 3.21. The number of hydrogen-bond donors (Lipinski definition) is 1. The Hall–Kier alpha value is -1.36. The summed E-state index contributed by atoms with van der Waals surface area (Å²) < 4.78 is 2.09. The zero-order chi connectivity index (χ0) is 16.3. The second-order valence-electron chi connectivity index (χ2n) is 6.87. The van der Waals surface area contributed by atoms with E-state index in [1.165, 1.54) is 11.3 Å². The molecule has 2 heterocycles. The van der Waals surface area contributed by atoms with Crippen LogP contribution in [0, 0.1) is 19.8 Å². The first-order valence-electron chi connectivity index (χ1n) is 8.43. The SMILES string of the molecule is Cc1nn(CC(C)C)c(C)c1CCC(=O)N1CCNCC1C. The fraction of sp³-hybridized carbons (Fsp3) is 0.765. The maximum Gasteiger partial charge on any atom is 0.223 e. The van der Waals surface area contributed by atoms with Crippen LogP contribution in [-0.2, 0) is 17.8 Å². The van der Waals surface area contributed by atoms with E-state index in [0.717, 1.165) is 38.3 Å². The van der Waals surface area contributed by atoms with Crippen LogP contribution in [0.15, 0.2) is 0 Å². The van der Waals surface area contributed by atoms with Gasteiger partial charge in [0.15, 0.2) is 0 Å². The van der Waals surface area contributed by atoms with Gasteiger partial charge in [0.2, 0.25) is 5.91 Å². The van der Waals surface area contributed by atoms with Gasteiger partial charge in [0.05, 0.1) is 5.69 Å². The van der Waals surface area contributed by atoms with Crippen LogP contribution in [0.2, 0.25) is 0 Å². The zero-order valence-electron chi connectivity index (χ0n) is 14.6. The van der Waals surface area contributed by atoms with Crippen molar-refractivity contribution in [3.8, 4) is 0 Å². The second kappa shape index (κ2) is 7.27. The Morgan fingerprint density at radius 1 is 1.41 bits per heavy atom. The van der Waals surface area contributed by atoms with Crippen molar-refractivity contribution in [2.75, 3.05) is 19.6 Å². The van der Waals surface area contributed by atoms with Gasteiger partial charge in [0, 0.05) is 44.3 Å². The molecule has 1 N–H and O–H groups in total. The summed E-state index contributed by atoms with van der Waals surface area (Å²) in [4.78, 5) is 14.5. The molecule has 1 unspecified atom stereocenters. The van der Waals surface area contributed by atoms with Gasteiger partial charge >= 0.3 is 0 Å². The Morgan fingerprint density at radius 2 is 2.14 bits per heavy atom. The van der Waals surface area contributed by atoms with E-state index in [9.17, 15) is 4.79 Å².